The van der Waals surface area contributed by atoms with Crippen molar-refractivity contribution in [1.29, 1.82) is 0 Å². The minimum atomic E-state index is -0.985. The zero-order chi connectivity index (χ0) is 24.1. The maximum absolute atomic E-state index is 12.7. The minimum Gasteiger partial charge on any atom is -0.390 e. The van der Waals surface area contributed by atoms with Crippen LogP contribution in [0, 0.1) is 5.41 Å². The number of carbonyl (C=O) groups excluding carboxylic acids is 2. The highest BCUT2D eigenvalue weighted by atomic mass is 16.5. The quantitative estimate of drug-likeness (QED) is 0.371. The van der Waals surface area contributed by atoms with Crippen molar-refractivity contribution in [2.45, 2.75) is 19.1 Å². The molecule has 1 fully saturated rings. The topological polar surface area (TPSA) is 99.1 Å². The molecule has 3 aromatic rings. The van der Waals surface area contributed by atoms with Crippen molar-refractivity contribution < 1.29 is 24.6 Å². The van der Waals surface area contributed by atoms with Crippen LogP contribution in [0.25, 0.3) is 11.1 Å². The number of nitrogens with one attached hydrogen (secondary N) is 1. The van der Waals surface area contributed by atoms with Crippen molar-refractivity contribution in [3.63, 3.8) is 0 Å². The number of rotatable bonds is 7. The number of nitrogens with zero attached hydrogens (tertiary/aromatic N) is 1. The van der Waals surface area contributed by atoms with E-state index in [2.05, 4.69) is 5.32 Å². The van der Waals surface area contributed by atoms with Crippen molar-refractivity contribution in [2.24, 2.45) is 5.41 Å². The number of hydrogen-bond donors (Lipinski definition) is 3. The first-order valence-electron chi connectivity index (χ1n) is 11.2. The smallest absolute Gasteiger partial charge is 0.277 e. The molecule has 0 aromatic heterocycles. The first-order valence-corrected chi connectivity index (χ1v) is 11.2. The van der Waals surface area contributed by atoms with Gasteiger partial charge in [0.25, 0.3) is 11.8 Å². The highest BCUT2D eigenvalue weighted by Gasteiger charge is 2.47. The van der Waals surface area contributed by atoms with Gasteiger partial charge in [0.2, 0.25) is 0 Å². The number of carbonyl (C=O) groups is 2. The average molecular weight is 461 g/mol. The SMILES string of the molecule is C[C@@]1(CN(O)C(=O)c2ccccc2)CO[C@H](CNC(=O)c2cccc(-c3ccccc3)c2)[C@H]1O. The van der Waals surface area contributed by atoms with E-state index in [1.54, 1.807) is 43.3 Å². The summed E-state index contributed by atoms with van der Waals surface area (Å²) in [4.78, 5) is 25.2. The van der Waals surface area contributed by atoms with Gasteiger partial charge in [-0.15, -0.1) is 0 Å². The van der Waals surface area contributed by atoms with E-state index >= 15 is 0 Å². The Labute approximate surface area is 198 Å². The number of aliphatic hydroxyl groups excluding tert-OH is 1. The fourth-order valence-corrected chi connectivity index (χ4v) is 4.14. The van der Waals surface area contributed by atoms with E-state index in [1.807, 2.05) is 48.5 Å². The number of hydrogen-bond acceptors (Lipinski definition) is 5. The highest BCUT2D eigenvalue weighted by molar-refractivity contribution is 5.95. The van der Waals surface area contributed by atoms with Crippen LogP contribution in [0.5, 0.6) is 0 Å². The van der Waals surface area contributed by atoms with E-state index < -0.39 is 23.5 Å². The molecule has 1 aliphatic rings. The normalized spacial score (nSPS) is 21.7. The number of ether oxygens (including phenoxy) is 1. The van der Waals surface area contributed by atoms with Crippen LogP contribution in [-0.4, -0.2) is 59.1 Å². The van der Waals surface area contributed by atoms with Crippen molar-refractivity contribution in [2.75, 3.05) is 19.7 Å². The van der Waals surface area contributed by atoms with Gasteiger partial charge in [0.15, 0.2) is 0 Å². The zero-order valence-electron chi connectivity index (χ0n) is 18.9. The van der Waals surface area contributed by atoms with Crippen LogP contribution < -0.4 is 5.32 Å². The number of aliphatic hydroxyl groups is 1. The third-order valence-corrected chi connectivity index (χ3v) is 6.16. The first kappa shape index (κ1) is 23.6. The Morgan fingerprint density at radius 3 is 2.29 bits per heavy atom. The van der Waals surface area contributed by atoms with Gasteiger partial charge in [0, 0.05) is 23.1 Å². The third-order valence-electron chi connectivity index (χ3n) is 6.16. The Morgan fingerprint density at radius 2 is 1.59 bits per heavy atom. The Morgan fingerprint density at radius 1 is 0.971 bits per heavy atom. The highest BCUT2D eigenvalue weighted by Crippen LogP contribution is 2.33. The summed E-state index contributed by atoms with van der Waals surface area (Å²) in [5, 5.41) is 24.6. The van der Waals surface area contributed by atoms with Crippen LogP contribution >= 0.6 is 0 Å². The molecule has 34 heavy (non-hydrogen) atoms. The molecular formula is C27H28N2O5. The lowest BCUT2D eigenvalue weighted by molar-refractivity contribution is -0.0940. The van der Waals surface area contributed by atoms with Crippen LogP contribution in [0.3, 0.4) is 0 Å². The van der Waals surface area contributed by atoms with Crippen LogP contribution in [0.1, 0.15) is 27.6 Å². The summed E-state index contributed by atoms with van der Waals surface area (Å²) in [6, 6.07) is 25.5. The molecule has 176 valence electrons. The second kappa shape index (κ2) is 10.2. The molecule has 1 aliphatic heterocycles. The molecule has 0 radical (unpaired) electrons. The second-order valence-electron chi connectivity index (χ2n) is 8.83. The molecule has 1 heterocycles. The van der Waals surface area contributed by atoms with Gasteiger partial charge in [-0.3, -0.25) is 14.8 Å². The van der Waals surface area contributed by atoms with Gasteiger partial charge in [-0.05, 0) is 35.4 Å². The van der Waals surface area contributed by atoms with E-state index in [9.17, 15) is 19.9 Å². The van der Waals surface area contributed by atoms with Crippen LogP contribution in [0.15, 0.2) is 84.9 Å². The Hall–Kier alpha value is -3.52. The molecule has 0 unspecified atom stereocenters. The summed E-state index contributed by atoms with van der Waals surface area (Å²) in [6.45, 7) is 1.87. The average Bonchev–Trinajstić information content (AvgIpc) is 3.16. The summed E-state index contributed by atoms with van der Waals surface area (Å²) in [5.74, 6) is -0.825. The molecule has 0 spiro atoms. The molecule has 0 saturated carbocycles. The lowest BCUT2D eigenvalue weighted by Gasteiger charge is -2.31. The van der Waals surface area contributed by atoms with Gasteiger partial charge in [0.1, 0.15) is 6.10 Å². The molecule has 3 atom stereocenters. The molecule has 7 nitrogen and oxygen atoms in total. The molecule has 4 rings (SSSR count). The van der Waals surface area contributed by atoms with E-state index in [-0.39, 0.29) is 25.6 Å². The molecule has 3 N–H and O–H groups in total. The number of amides is 2. The second-order valence-corrected chi connectivity index (χ2v) is 8.83. The summed E-state index contributed by atoms with van der Waals surface area (Å²) >= 11 is 0. The molecular weight excluding hydrogens is 432 g/mol. The van der Waals surface area contributed by atoms with Crippen molar-refractivity contribution in [3.8, 4) is 11.1 Å². The van der Waals surface area contributed by atoms with Crippen molar-refractivity contribution in [3.05, 3.63) is 96.1 Å². The Kier molecular flexibility index (Phi) is 7.07. The first-order chi connectivity index (χ1) is 16.4. The van der Waals surface area contributed by atoms with Crippen LogP contribution in [0.2, 0.25) is 0 Å². The van der Waals surface area contributed by atoms with Crippen molar-refractivity contribution in [1.82, 2.24) is 10.4 Å². The lowest BCUT2D eigenvalue weighted by Crippen LogP contribution is -2.47. The van der Waals surface area contributed by atoms with Gasteiger partial charge in [-0.2, -0.15) is 0 Å². The minimum absolute atomic E-state index is 0.100. The van der Waals surface area contributed by atoms with Crippen LogP contribution in [0.4, 0.5) is 0 Å². The van der Waals surface area contributed by atoms with E-state index in [0.29, 0.717) is 16.2 Å². The molecule has 7 heteroatoms. The Bertz CT molecular complexity index is 1140. The third kappa shape index (κ3) is 5.17. The van der Waals surface area contributed by atoms with Crippen LogP contribution in [-0.2, 0) is 4.74 Å². The largest absolute Gasteiger partial charge is 0.390 e. The van der Waals surface area contributed by atoms with Gasteiger partial charge in [0.05, 0.1) is 19.3 Å². The van der Waals surface area contributed by atoms with Gasteiger partial charge in [-0.25, -0.2) is 5.06 Å². The van der Waals surface area contributed by atoms with Gasteiger partial charge < -0.3 is 15.2 Å². The van der Waals surface area contributed by atoms with E-state index in [4.69, 9.17) is 4.74 Å². The maximum Gasteiger partial charge on any atom is 0.277 e. The summed E-state index contributed by atoms with van der Waals surface area (Å²) in [6.07, 6.45) is -1.65. The van der Waals surface area contributed by atoms with Gasteiger partial charge in [-0.1, -0.05) is 67.6 Å². The summed E-state index contributed by atoms with van der Waals surface area (Å²) in [7, 11) is 0. The number of hydroxylamine groups is 2. The van der Waals surface area contributed by atoms with E-state index in [0.717, 1.165) is 11.1 Å². The fraction of sp³-hybridized carbons (Fsp3) is 0.259. The monoisotopic (exact) mass is 460 g/mol. The predicted molar refractivity (Wildman–Crippen MR) is 127 cm³/mol. The number of benzene rings is 3. The molecule has 1 saturated heterocycles. The van der Waals surface area contributed by atoms with Crippen molar-refractivity contribution >= 4 is 11.8 Å². The van der Waals surface area contributed by atoms with E-state index in [1.165, 1.54) is 0 Å². The predicted octanol–water partition coefficient (Wildman–Crippen LogP) is 3.38. The molecule has 3 aromatic carbocycles. The summed E-state index contributed by atoms with van der Waals surface area (Å²) < 4.78 is 5.73. The molecule has 0 aliphatic carbocycles. The Balaban J connectivity index is 1.35. The maximum atomic E-state index is 12.7. The summed E-state index contributed by atoms with van der Waals surface area (Å²) in [5.41, 5.74) is 1.92. The van der Waals surface area contributed by atoms with Gasteiger partial charge >= 0.3 is 0 Å². The lowest BCUT2D eigenvalue weighted by atomic mass is 9.84. The zero-order valence-corrected chi connectivity index (χ0v) is 18.9. The molecule has 0 bridgehead atoms. The standard InChI is InChI=1S/C27H28N2O5/c1-27(17-29(33)26(32)20-11-6-3-7-12-20)18-34-23(24(27)30)16-28-25(31)22-14-8-13-21(15-22)19-9-4-2-5-10-19/h2-15,23-24,30,33H,16-18H2,1H3,(H,28,31)/t23-,24-,27-/m1/s1. The molecule has 2 amide bonds. The fourth-order valence-electron chi connectivity index (χ4n) is 4.14.